The molecular weight excluding hydrogens is 271 g/mol. The largest absolute Gasteiger partial charge is 0.497 e. The third kappa shape index (κ3) is 1.86. The van der Waals surface area contributed by atoms with Gasteiger partial charge in [-0.15, -0.1) is 0 Å². The summed E-state index contributed by atoms with van der Waals surface area (Å²) in [7, 11) is 1.62. The highest BCUT2D eigenvalue weighted by molar-refractivity contribution is 5.79. The summed E-state index contributed by atoms with van der Waals surface area (Å²) in [6.45, 7) is 0. The van der Waals surface area contributed by atoms with E-state index in [1.165, 1.54) is 12.1 Å². The number of hydrogen-bond donors (Lipinski definition) is 0. The Bertz CT molecular complexity index is 938. The van der Waals surface area contributed by atoms with Gasteiger partial charge < -0.3 is 9.15 Å². The third-order valence-corrected chi connectivity index (χ3v) is 3.44. The Morgan fingerprint density at radius 2 is 1.95 bits per heavy atom. The number of imidazole rings is 1. The zero-order chi connectivity index (χ0) is 14.4. The molecule has 4 rings (SSSR count). The van der Waals surface area contributed by atoms with Crippen LogP contribution in [0, 0.1) is 5.82 Å². The van der Waals surface area contributed by atoms with Gasteiger partial charge in [0.15, 0.2) is 5.58 Å². The van der Waals surface area contributed by atoms with E-state index in [0.717, 1.165) is 28.1 Å². The van der Waals surface area contributed by atoms with Gasteiger partial charge in [0, 0.05) is 17.8 Å². The van der Waals surface area contributed by atoms with Crippen LogP contribution < -0.4 is 4.74 Å². The summed E-state index contributed by atoms with van der Waals surface area (Å²) >= 11 is 0. The molecule has 2 aromatic carbocycles. The maximum absolute atomic E-state index is 13.0. The molecule has 0 amide bonds. The van der Waals surface area contributed by atoms with Crippen molar-refractivity contribution in [2.75, 3.05) is 7.11 Å². The number of methoxy groups -OCH3 is 1. The number of nitrogens with zero attached hydrogens (tertiary/aromatic N) is 2. The summed E-state index contributed by atoms with van der Waals surface area (Å²) in [6.07, 6.45) is 1.87. The van der Waals surface area contributed by atoms with Crippen molar-refractivity contribution in [3.63, 3.8) is 0 Å². The van der Waals surface area contributed by atoms with Gasteiger partial charge in [-0.2, -0.15) is 4.98 Å². The Hall–Kier alpha value is -2.82. The molecule has 0 spiro atoms. The van der Waals surface area contributed by atoms with E-state index in [1.54, 1.807) is 19.2 Å². The fourth-order valence-corrected chi connectivity index (χ4v) is 2.36. The van der Waals surface area contributed by atoms with Crippen LogP contribution in [-0.4, -0.2) is 16.5 Å². The minimum absolute atomic E-state index is 0.267. The van der Waals surface area contributed by atoms with Crippen LogP contribution in [0.3, 0.4) is 0 Å². The lowest BCUT2D eigenvalue weighted by molar-refractivity contribution is 0.415. The second-order valence-electron chi connectivity index (χ2n) is 4.72. The SMILES string of the molecule is COc1ccc2oc3nc(-c4ccc(F)cc4)cn3c2c1. The fraction of sp³-hybridized carbons (Fsp3) is 0.0625. The lowest BCUT2D eigenvalue weighted by Crippen LogP contribution is -1.83. The molecule has 0 unspecified atom stereocenters. The van der Waals surface area contributed by atoms with Crippen molar-refractivity contribution in [1.29, 1.82) is 0 Å². The summed E-state index contributed by atoms with van der Waals surface area (Å²) in [5, 5.41) is 0. The quantitative estimate of drug-likeness (QED) is 0.560. The van der Waals surface area contributed by atoms with Gasteiger partial charge >= 0.3 is 5.84 Å². The highest BCUT2D eigenvalue weighted by atomic mass is 19.1. The highest BCUT2D eigenvalue weighted by Gasteiger charge is 2.12. The van der Waals surface area contributed by atoms with E-state index in [9.17, 15) is 4.39 Å². The first-order valence-electron chi connectivity index (χ1n) is 6.46. The van der Waals surface area contributed by atoms with Gasteiger partial charge in [-0.3, -0.25) is 4.40 Å². The van der Waals surface area contributed by atoms with Gasteiger partial charge in [0.25, 0.3) is 0 Å². The number of rotatable bonds is 2. The molecule has 2 aromatic heterocycles. The predicted molar refractivity (Wildman–Crippen MR) is 76.9 cm³/mol. The van der Waals surface area contributed by atoms with Crippen LogP contribution in [0.15, 0.2) is 53.1 Å². The molecule has 0 saturated carbocycles. The molecule has 0 atom stereocenters. The molecule has 4 aromatic rings. The topological polar surface area (TPSA) is 39.7 Å². The normalized spacial score (nSPS) is 11.3. The van der Waals surface area contributed by atoms with Crippen LogP contribution in [0.1, 0.15) is 0 Å². The number of aromatic nitrogens is 2. The molecule has 0 saturated heterocycles. The van der Waals surface area contributed by atoms with Crippen molar-refractivity contribution in [2.24, 2.45) is 0 Å². The fourth-order valence-electron chi connectivity index (χ4n) is 2.36. The molecule has 5 heteroatoms. The zero-order valence-corrected chi connectivity index (χ0v) is 11.2. The minimum Gasteiger partial charge on any atom is -0.497 e. The third-order valence-electron chi connectivity index (χ3n) is 3.44. The van der Waals surface area contributed by atoms with E-state index in [0.29, 0.717) is 5.84 Å². The van der Waals surface area contributed by atoms with Crippen LogP contribution in [0.25, 0.3) is 28.2 Å². The molecule has 104 valence electrons. The summed E-state index contributed by atoms with van der Waals surface area (Å²) in [5.74, 6) is 0.983. The molecule has 0 bridgehead atoms. The van der Waals surface area contributed by atoms with E-state index in [4.69, 9.17) is 9.15 Å². The van der Waals surface area contributed by atoms with Crippen molar-refractivity contribution in [3.8, 4) is 17.0 Å². The van der Waals surface area contributed by atoms with E-state index < -0.39 is 0 Å². The molecule has 21 heavy (non-hydrogen) atoms. The molecular formula is C16H11FN2O2. The number of hydrogen-bond acceptors (Lipinski definition) is 3. The Kier molecular flexibility index (Phi) is 2.47. The standard InChI is InChI=1S/C16H11FN2O2/c1-20-12-6-7-15-14(8-12)19-9-13(18-16(19)21-15)10-2-4-11(17)5-3-10/h2-9H,1H3. The minimum atomic E-state index is -0.267. The Morgan fingerprint density at radius 3 is 2.71 bits per heavy atom. The van der Waals surface area contributed by atoms with Crippen LogP contribution in [-0.2, 0) is 0 Å². The summed E-state index contributed by atoms with van der Waals surface area (Å²) in [5.41, 5.74) is 3.19. The van der Waals surface area contributed by atoms with E-state index in [-0.39, 0.29) is 5.82 Å². The Labute approximate surface area is 119 Å². The van der Waals surface area contributed by atoms with Crippen molar-refractivity contribution in [3.05, 3.63) is 54.5 Å². The van der Waals surface area contributed by atoms with Gasteiger partial charge in [-0.05, 0) is 36.4 Å². The first-order valence-corrected chi connectivity index (χ1v) is 6.46. The Morgan fingerprint density at radius 1 is 1.14 bits per heavy atom. The number of ether oxygens (including phenoxy) is 1. The van der Waals surface area contributed by atoms with Gasteiger partial charge in [0.2, 0.25) is 0 Å². The van der Waals surface area contributed by atoms with Gasteiger partial charge in [-0.1, -0.05) is 0 Å². The summed E-state index contributed by atoms with van der Waals surface area (Å²) in [6, 6.07) is 11.8. The number of halogens is 1. The number of fused-ring (bicyclic) bond motifs is 3. The van der Waals surface area contributed by atoms with Gasteiger partial charge in [-0.25, -0.2) is 4.39 Å². The van der Waals surface area contributed by atoms with Crippen molar-refractivity contribution >= 4 is 16.9 Å². The van der Waals surface area contributed by atoms with Crippen LogP contribution in [0.5, 0.6) is 5.75 Å². The molecule has 4 nitrogen and oxygen atoms in total. The van der Waals surface area contributed by atoms with Crippen LogP contribution >= 0.6 is 0 Å². The van der Waals surface area contributed by atoms with Crippen molar-refractivity contribution in [2.45, 2.75) is 0 Å². The van der Waals surface area contributed by atoms with Crippen LogP contribution in [0.2, 0.25) is 0 Å². The second-order valence-corrected chi connectivity index (χ2v) is 4.72. The molecule has 2 heterocycles. The smallest absolute Gasteiger partial charge is 0.307 e. The number of oxazole rings is 1. The molecule has 0 aliphatic heterocycles. The monoisotopic (exact) mass is 282 g/mol. The van der Waals surface area contributed by atoms with Crippen LogP contribution in [0.4, 0.5) is 4.39 Å². The second kappa shape index (κ2) is 4.34. The average molecular weight is 282 g/mol. The first kappa shape index (κ1) is 12.0. The van der Waals surface area contributed by atoms with Crippen molar-refractivity contribution in [1.82, 2.24) is 9.38 Å². The molecule has 0 fully saturated rings. The average Bonchev–Trinajstić information content (AvgIpc) is 3.05. The van der Waals surface area contributed by atoms with Gasteiger partial charge in [0.05, 0.1) is 18.3 Å². The number of benzene rings is 2. The van der Waals surface area contributed by atoms with E-state index in [1.807, 2.05) is 28.8 Å². The molecule has 0 aliphatic rings. The van der Waals surface area contributed by atoms with E-state index in [2.05, 4.69) is 4.98 Å². The van der Waals surface area contributed by atoms with E-state index >= 15 is 0 Å². The first-order chi connectivity index (χ1) is 10.2. The van der Waals surface area contributed by atoms with Gasteiger partial charge in [0.1, 0.15) is 11.6 Å². The summed E-state index contributed by atoms with van der Waals surface area (Å²) < 4.78 is 25.8. The summed E-state index contributed by atoms with van der Waals surface area (Å²) in [4.78, 5) is 4.44. The predicted octanol–water partition coefficient (Wildman–Crippen LogP) is 3.90. The Balaban J connectivity index is 1.91. The molecule has 0 N–H and O–H groups in total. The maximum atomic E-state index is 13.0. The lowest BCUT2D eigenvalue weighted by atomic mass is 10.2. The lowest BCUT2D eigenvalue weighted by Gasteiger charge is -1.98. The molecule has 0 radical (unpaired) electrons. The maximum Gasteiger partial charge on any atom is 0.307 e. The molecule has 0 aliphatic carbocycles. The van der Waals surface area contributed by atoms with Crippen molar-refractivity contribution < 1.29 is 13.5 Å². The zero-order valence-electron chi connectivity index (χ0n) is 11.2. The highest BCUT2D eigenvalue weighted by Crippen LogP contribution is 2.27.